The van der Waals surface area contributed by atoms with Gasteiger partial charge in [-0.1, -0.05) is 15.9 Å². The van der Waals surface area contributed by atoms with E-state index >= 15 is 0 Å². The zero-order chi connectivity index (χ0) is 14.3. The molecule has 0 bridgehead atoms. The number of carbonyl (C=O) groups excluding carboxylic acids is 2. The molecule has 0 radical (unpaired) electrons. The zero-order valence-corrected chi connectivity index (χ0v) is 11.9. The fraction of sp³-hybridized carbons (Fsp3) is 0.333. The summed E-state index contributed by atoms with van der Waals surface area (Å²) in [6, 6.07) is 5.27. The van der Waals surface area contributed by atoms with Crippen molar-refractivity contribution >= 4 is 33.6 Å². The van der Waals surface area contributed by atoms with Gasteiger partial charge in [0.1, 0.15) is 0 Å². The molecule has 0 aromatic heterocycles. The van der Waals surface area contributed by atoms with Crippen molar-refractivity contribution in [1.82, 2.24) is 5.32 Å². The third kappa shape index (κ3) is 5.27. The van der Waals surface area contributed by atoms with Gasteiger partial charge in [-0.3, -0.25) is 0 Å². The van der Waals surface area contributed by atoms with Crippen molar-refractivity contribution in [3.63, 3.8) is 0 Å². The molecule has 19 heavy (non-hydrogen) atoms. The molecule has 7 heteroatoms. The Bertz CT molecular complexity index is 436. The lowest BCUT2D eigenvalue weighted by molar-refractivity contribution is -0.146. The van der Waals surface area contributed by atoms with Crippen LogP contribution in [0.5, 0.6) is 0 Å². The van der Waals surface area contributed by atoms with Gasteiger partial charge in [0.25, 0.3) is 0 Å². The molecule has 1 atom stereocenters. The highest BCUT2D eigenvalue weighted by molar-refractivity contribution is 9.10. The van der Waals surface area contributed by atoms with Gasteiger partial charge in [0, 0.05) is 10.2 Å². The number of ether oxygens (including phenoxy) is 1. The number of anilines is 1. The van der Waals surface area contributed by atoms with Crippen LogP contribution in [0.2, 0.25) is 0 Å². The Kier molecular flexibility index (Phi) is 6.31. The molecule has 0 fully saturated rings. The normalized spacial score (nSPS) is 11.5. The van der Waals surface area contributed by atoms with Crippen LogP contribution < -0.4 is 10.6 Å². The van der Waals surface area contributed by atoms with Crippen LogP contribution in [0, 0.1) is 0 Å². The predicted octanol–water partition coefficient (Wildman–Crippen LogP) is 1.49. The summed E-state index contributed by atoms with van der Waals surface area (Å²) in [5.41, 5.74) is 0.571. The lowest BCUT2D eigenvalue weighted by atomic mass is 10.3. The first-order valence-electron chi connectivity index (χ1n) is 5.67. The maximum absolute atomic E-state index is 11.6. The number of hydrogen-bond acceptors (Lipinski definition) is 4. The topological polar surface area (TPSA) is 87.7 Å². The van der Waals surface area contributed by atoms with E-state index in [1.165, 1.54) is 0 Å². The Morgan fingerprint density at radius 3 is 2.53 bits per heavy atom. The van der Waals surface area contributed by atoms with Crippen molar-refractivity contribution in [2.45, 2.75) is 13.0 Å². The van der Waals surface area contributed by atoms with Gasteiger partial charge >= 0.3 is 12.0 Å². The molecule has 3 N–H and O–H groups in total. The van der Waals surface area contributed by atoms with Crippen molar-refractivity contribution in [2.75, 3.05) is 18.5 Å². The largest absolute Gasteiger partial charge is 0.464 e. The summed E-state index contributed by atoms with van der Waals surface area (Å²) in [5, 5.41) is 13.9. The zero-order valence-electron chi connectivity index (χ0n) is 10.4. The fourth-order valence-electron chi connectivity index (χ4n) is 1.28. The van der Waals surface area contributed by atoms with Crippen LogP contribution in [0.25, 0.3) is 0 Å². The molecule has 0 spiro atoms. The van der Waals surface area contributed by atoms with Crippen LogP contribution in [0.15, 0.2) is 28.7 Å². The number of urea groups is 1. The number of nitrogens with one attached hydrogen (secondary N) is 2. The summed E-state index contributed by atoms with van der Waals surface area (Å²) < 4.78 is 5.60. The molecule has 1 aromatic rings. The van der Waals surface area contributed by atoms with Crippen LogP contribution in [0.3, 0.4) is 0 Å². The molecule has 6 nitrogen and oxygen atoms in total. The summed E-state index contributed by atoms with van der Waals surface area (Å²) in [6.45, 7) is 1.31. The minimum absolute atomic E-state index is 0.186. The van der Waals surface area contributed by atoms with Crippen molar-refractivity contribution in [1.29, 1.82) is 0 Å². The number of esters is 1. The molecular formula is C12H15BrN2O4. The highest BCUT2D eigenvalue weighted by atomic mass is 79.9. The smallest absolute Gasteiger partial charge is 0.331 e. The highest BCUT2D eigenvalue weighted by Gasteiger charge is 2.20. The number of rotatable bonds is 5. The Balaban J connectivity index is 2.53. The van der Waals surface area contributed by atoms with Crippen LogP contribution in [-0.2, 0) is 9.53 Å². The third-order valence-electron chi connectivity index (χ3n) is 2.16. The number of carbonyl (C=O) groups is 2. The van der Waals surface area contributed by atoms with Crippen LogP contribution in [-0.4, -0.2) is 36.4 Å². The quantitative estimate of drug-likeness (QED) is 0.714. The molecule has 0 aliphatic rings. The van der Waals surface area contributed by atoms with Gasteiger partial charge < -0.3 is 20.5 Å². The Labute approximate surface area is 119 Å². The van der Waals surface area contributed by atoms with Gasteiger partial charge in [-0.05, 0) is 31.2 Å². The first kappa shape index (κ1) is 15.5. The Hall–Kier alpha value is -1.60. The first-order valence-corrected chi connectivity index (χ1v) is 6.46. The van der Waals surface area contributed by atoms with E-state index in [4.69, 9.17) is 9.84 Å². The van der Waals surface area contributed by atoms with Gasteiger partial charge in [0.05, 0.1) is 13.2 Å². The SMILES string of the molecule is CCOC(=O)[C@H](CO)NC(=O)Nc1ccc(Br)cc1. The molecule has 1 rings (SSSR count). The summed E-state index contributed by atoms with van der Waals surface area (Å²) in [5.74, 6) is -0.670. The van der Waals surface area contributed by atoms with Gasteiger partial charge in [-0.25, -0.2) is 9.59 Å². The average molecular weight is 331 g/mol. The van der Waals surface area contributed by atoms with E-state index in [0.29, 0.717) is 5.69 Å². The second-order valence-corrected chi connectivity index (χ2v) is 4.51. The number of hydrogen-bond donors (Lipinski definition) is 3. The number of aliphatic hydroxyl groups excluding tert-OH is 1. The molecule has 104 valence electrons. The number of amides is 2. The summed E-state index contributed by atoms with van der Waals surface area (Å²) in [4.78, 5) is 23.0. The lowest BCUT2D eigenvalue weighted by Gasteiger charge is -2.15. The molecule has 0 aliphatic carbocycles. The third-order valence-corrected chi connectivity index (χ3v) is 2.69. The standard InChI is InChI=1S/C12H15BrN2O4/c1-2-19-11(17)10(7-16)15-12(18)14-9-5-3-8(13)4-6-9/h3-6,10,16H,2,7H2,1H3,(H2,14,15,18)/t10-/m0/s1. The minimum Gasteiger partial charge on any atom is -0.464 e. The molecule has 0 saturated heterocycles. The second kappa shape index (κ2) is 7.75. The van der Waals surface area contributed by atoms with E-state index in [9.17, 15) is 9.59 Å². The van der Waals surface area contributed by atoms with Crippen molar-refractivity contribution in [2.24, 2.45) is 0 Å². The Morgan fingerprint density at radius 2 is 2.00 bits per heavy atom. The van der Waals surface area contributed by atoms with E-state index in [-0.39, 0.29) is 6.61 Å². The van der Waals surface area contributed by atoms with Crippen LogP contribution in [0.1, 0.15) is 6.92 Å². The van der Waals surface area contributed by atoms with E-state index in [1.807, 2.05) is 0 Å². The minimum atomic E-state index is -1.07. The monoisotopic (exact) mass is 330 g/mol. The van der Waals surface area contributed by atoms with Crippen LogP contribution >= 0.6 is 15.9 Å². The Morgan fingerprint density at radius 1 is 1.37 bits per heavy atom. The van der Waals surface area contributed by atoms with E-state index in [0.717, 1.165) is 4.47 Å². The maximum Gasteiger partial charge on any atom is 0.331 e. The second-order valence-electron chi connectivity index (χ2n) is 3.59. The van der Waals surface area contributed by atoms with Gasteiger partial charge in [-0.2, -0.15) is 0 Å². The predicted molar refractivity (Wildman–Crippen MR) is 73.8 cm³/mol. The molecule has 0 unspecified atom stereocenters. The molecule has 1 aromatic carbocycles. The van der Waals surface area contributed by atoms with Crippen molar-refractivity contribution in [3.8, 4) is 0 Å². The van der Waals surface area contributed by atoms with E-state index in [1.54, 1.807) is 31.2 Å². The number of benzene rings is 1. The molecule has 0 aliphatic heterocycles. The van der Waals surface area contributed by atoms with Gasteiger partial charge in [0.15, 0.2) is 6.04 Å². The van der Waals surface area contributed by atoms with E-state index < -0.39 is 24.6 Å². The summed E-state index contributed by atoms with van der Waals surface area (Å²) in [6.07, 6.45) is 0. The molecular weight excluding hydrogens is 316 g/mol. The summed E-state index contributed by atoms with van der Waals surface area (Å²) in [7, 11) is 0. The maximum atomic E-state index is 11.6. The number of halogens is 1. The average Bonchev–Trinajstić information content (AvgIpc) is 2.39. The highest BCUT2D eigenvalue weighted by Crippen LogP contribution is 2.13. The van der Waals surface area contributed by atoms with Crippen molar-refractivity contribution < 1.29 is 19.4 Å². The molecule has 0 heterocycles. The summed E-state index contributed by atoms with van der Waals surface area (Å²) >= 11 is 3.28. The molecule has 0 saturated carbocycles. The van der Waals surface area contributed by atoms with Crippen LogP contribution in [0.4, 0.5) is 10.5 Å². The molecule has 2 amide bonds. The van der Waals surface area contributed by atoms with E-state index in [2.05, 4.69) is 26.6 Å². The lowest BCUT2D eigenvalue weighted by Crippen LogP contribution is -2.46. The van der Waals surface area contributed by atoms with Gasteiger partial charge in [-0.15, -0.1) is 0 Å². The number of aliphatic hydroxyl groups is 1. The van der Waals surface area contributed by atoms with Crippen molar-refractivity contribution in [3.05, 3.63) is 28.7 Å². The van der Waals surface area contributed by atoms with Gasteiger partial charge in [0.2, 0.25) is 0 Å². The first-order chi connectivity index (χ1) is 9.06. The fourth-order valence-corrected chi connectivity index (χ4v) is 1.54.